The van der Waals surface area contributed by atoms with Crippen molar-refractivity contribution >= 4 is 35.0 Å². The molecule has 0 saturated carbocycles. The largest absolute Gasteiger partial charge is 0.350 e. The van der Waals surface area contributed by atoms with Gasteiger partial charge in [0.2, 0.25) is 11.8 Å². The normalized spacial score (nSPS) is 12.2. The summed E-state index contributed by atoms with van der Waals surface area (Å²) in [5.74, 6) is -0.697. The minimum Gasteiger partial charge on any atom is -0.350 e. The van der Waals surface area contributed by atoms with Gasteiger partial charge in [0, 0.05) is 47.4 Å². The molecule has 2 unspecified atom stereocenters. The quantitative estimate of drug-likeness (QED) is 0.358. The lowest BCUT2D eigenvalue weighted by Gasteiger charge is -2.12. The second-order valence-electron chi connectivity index (χ2n) is 8.67. The fraction of sp³-hybridized carbons (Fsp3) is 0.407. The predicted molar refractivity (Wildman–Crippen MR) is 138 cm³/mol. The van der Waals surface area contributed by atoms with Crippen LogP contribution in [0.5, 0.6) is 0 Å². The van der Waals surface area contributed by atoms with Gasteiger partial charge in [-0.15, -0.1) is 0 Å². The highest BCUT2D eigenvalue weighted by atomic mass is 16.2. The molecule has 8 nitrogen and oxygen atoms in total. The molecule has 0 aliphatic heterocycles. The van der Waals surface area contributed by atoms with Crippen LogP contribution in [-0.2, 0) is 9.59 Å². The first-order chi connectivity index (χ1) is 16.7. The van der Waals surface area contributed by atoms with Crippen molar-refractivity contribution in [1.82, 2.24) is 10.6 Å². The Kier molecular flexibility index (Phi) is 10.9. The summed E-state index contributed by atoms with van der Waals surface area (Å²) in [7, 11) is 0. The second kappa shape index (κ2) is 13.9. The zero-order chi connectivity index (χ0) is 25.8. The average molecular weight is 481 g/mol. The molecule has 2 aromatic rings. The number of benzene rings is 2. The van der Waals surface area contributed by atoms with E-state index in [1.54, 1.807) is 48.5 Å². The molecule has 0 bridgehead atoms. The van der Waals surface area contributed by atoms with E-state index in [9.17, 15) is 19.2 Å². The van der Waals surface area contributed by atoms with Crippen molar-refractivity contribution in [2.24, 2.45) is 0 Å². The maximum Gasteiger partial charge on any atom is 0.251 e. The molecule has 0 aliphatic carbocycles. The maximum atomic E-state index is 12.2. The molecule has 0 saturated heterocycles. The van der Waals surface area contributed by atoms with Gasteiger partial charge in [0.15, 0.2) is 0 Å². The summed E-state index contributed by atoms with van der Waals surface area (Å²) in [4.78, 5) is 48.6. The van der Waals surface area contributed by atoms with Crippen LogP contribution in [-0.4, -0.2) is 35.7 Å². The van der Waals surface area contributed by atoms with Crippen LogP contribution in [0.1, 0.15) is 80.5 Å². The van der Waals surface area contributed by atoms with Crippen molar-refractivity contribution in [1.29, 1.82) is 0 Å². The van der Waals surface area contributed by atoms with Crippen LogP contribution in [0.2, 0.25) is 0 Å². The molecule has 0 spiro atoms. The van der Waals surface area contributed by atoms with Crippen LogP contribution >= 0.6 is 0 Å². The lowest BCUT2D eigenvalue weighted by molar-refractivity contribution is -0.117. The predicted octanol–water partition coefficient (Wildman–Crippen LogP) is 4.49. The van der Waals surface area contributed by atoms with E-state index in [-0.39, 0.29) is 48.6 Å². The fourth-order valence-electron chi connectivity index (χ4n) is 3.08. The number of carbonyl (C=O) groups is 4. The van der Waals surface area contributed by atoms with Crippen molar-refractivity contribution in [2.45, 2.75) is 71.9 Å². The molecule has 0 aromatic heterocycles. The van der Waals surface area contributed by atoms with Gasteiger partial charge in [-0.05, 0) is 81.6 Å². The van der Waals surface area contributed by atoms with Crippen molar-refractivity contribution in [3.63, 3.8) is 0 Å². The first-order valence-corrected chi connectivity index (χ1v) is 12.1. The summed E-state index contributed by atoms with van der Waals surface area (Å²) in [6.07, 6.45) is 2.47. The summed E-state index contributed by atoms with van der Waals surface area (Å²) in [6, 6.07) is 13.6. The molecule has 2 aromatic carbocycles. The van der Waals surface area contributed by atoms with E-state index in [1.807, 2.05) is 27.7 Å². The molecule has 0 aliphatic rings. The summed E-state index contributed by atoms with van der Waals surface area (Å²) in [5, 5.41) is 11.3. The summed E-state index contributed by atoms with van der Waals surface area (Å²) >= 11 is 0. The van der Waals surface area contributed by atoms with E-state index in [4.69, 9.17) is 0 Å². The summed E-state index contributed by atoms with van der Waals surface area (Å²) in [5.41, 5.74) is 2.25. The van der Waals surface area contributed by atoms with E-state index in [0.29, 0.717) is 28.9 Å². The molecule has 2 rings (SSSR count). The molecule has 4 N–H and O–H groups in total. The standard InChI is InChI=1S/C27H36N4O4/c1-5-18(3)28-26(34)20-10-14-22(15-11-20)30-24(32)8-7-9-25(33)31-23-16-12-21(13-17-23)27(35)29-19(4)6-2/h10-19H,5-9H2,1-4H3,(H,28,34)(H,29,35)(H,30,32)(H,31,33). The number of amides is 4. The van der Waals surface area contributed by atoms with Crippen LogP contribution in [0.25, 0.3) is 0 Å². The minimum absolute atomic E-state index is 0.0967. The van der Waals surface area contributed by atoms with Crippen LogP contribution in [0, 0.1) is 0 Å². The average Bonchev–Trinajstić information content (AvgIpc) is 2.84. The van der Waals surface area contributed by atoms with Crippen LogP contribution in [0.15, 0.2) is 48.5 Å². The Morgan fingerprint density at radius 1 is 0.629 bits per heavy atom. The van der Waals surface area contributed by atoms with Gasteiger partial charge >= 0.3 is 0 Å². The molecule has 35 heavy (non-hydrogen) atoms. The first kappa shape index (κ1) is 27.6. The molecule has 0 fully saturated rings. The molecule has 0 heterocycles. The third-order valence-electron chi connectivity index (χ3n) is 5.65. The number of hydrogen-bond acceptors (Lipinski definition) is 4. The van der Waals surface area contributed by atoms with Gasteiger partial charge in [-0.25, -0.2) is 0 Å². The molecule has 2 atom stereocenters. The van der Waals surface area contributed by atoms with Crippen LogP contribution in [0.4, 0.5) is 11.4 Å². The van der Waals surface area contributed by atoms with Gasteiger partial charge < -0.3 is 21.3 Å². The van der Waals surface area contributed by atoms with Gasteiger partial charge in [-0.2, -0.15) is 0 Å². The number of anilines is 2. The zero-order valence-corrected chi connectivity index (χ0v) is 20.9. The third kappa shape index (κ3) is 9.60. The molecule has 188 valence electrons. The minimum atomic E-state index is -0.203. The Morgan fingerprint density at radius 3 is 1.29 bits per heavy atom. The van der Waals surface area contributed by atoms with E-state index >= 15 is 0 Å². The topological polar surface area (TPSA) is 116 Å². The van der Waals surface area contributed by atoms with Gasteiger partial charge in [0.05, 0.1) is 0 Å². The second-order valence-corrected chi connectivity index (χ2v) is 8.67. The lowest BCUT2D eigenvalue weighted by Crippen LogP contribution is -2.31. The number of carbonyl (C=O) groups excluding carboxylic acids is 4. The van der Waals surface area contributed by atoms with E-state index in [1.165, 1.54) is 0 Å². The van der Waals surface area contributed by atoms with Crippen molar-refractivity contribution in [3.05, 3.63) is 59.7 Å². The molecule has 4 amide bonds. The molecule has 8 heteroatoms. The highest BCUT2D eigenvalue weighted by Gasteiger charge is 2.11. The Balaban J connectivity index is 1.72. The highest BCUT2D eigenvalue weighted by Crippen LogP contribution is 2.13. The third-order valence-corrected chi connectivity index (χ3v) is 5.65. The first-order valence-electron chi connectivity index (χ1n) is 12.1. The van der Waals surface area contributed by atoms with Crippen molar-refractivity contribution in [3.8, 4) is 0 Å². The highest BCUT2D eigenvalue weighted by molar-refractivity contribution is 5.97. The zero-order valence-electron chi connectivity index (χ0n) is 20.9. The summed E-state index contributed by atoms with van der Waals surface area (Å²) in [6.45, 7) is 7.89. The SMILES string of the molecule is CCC(C)NC(=O)c1ccc(NC(=O)CCCC(=O)Nc2ccc(C(=O)NC(C)CC)cc2)cc1. The Morgan fingerprint density at radius 2 is 0.971 bits per heavy atom. The van der Waals surface area contributed by atoms with Gasteiger partial charge in [-0.1, -0.05) is 13.8 Å². The Hall–Kier alpha value is -3.68. The molecule has 0 radical (unpaired) electrons. The smallest absolute Gasteiger partial charge is 0.251 e. The van der Waals surface area contributed by atoms with Crippen LogP contribution in [0.3, 0.4) is 0 Å². The number of hydrogen-bond donors (Lipinski definition) is 4. The van der Waals surface area contributed by atoms with Crippen molar-refractivity contribution < 1.29 is 19.2 Å². The van der Waals surface area contributed by atoms with Crippen molar-refractivity contribution in [2.75, 3.05) is 10.6 Å². The Labute approximate surface area is 207 Å². The van der Waals surface area contributed by atoms with Crippen LogP contribution < -0.4 is 21.3 Å². The number of rotatable bonds is 12. The Bertz CT molecular complexity index is 921. The lowest BCUT2D eigenvalue weighted by atomic mass is 10.1. The van der Waals surface area contributed by atoms with E-state index < -0.39 is 0 Å². The monoisotopic (exact) mass is 480 g/mol. The van der Waals surface area contributed by atoms with Gasteiger partial charge in [0.25, 0.3) is 11.8 Å². The summed E-state index contributed by atoms with van der Waals surface area (Å²) < 4.78 is 0. The molecular formula is C27H36N4O4. The van der Waals surface area contributed by atoms with Gasteiger partial charge in [0.1, 0.15) is 0 Å². The number of nitrogens with one attached hydrogen (secondary N) is 4. The maximum absolute atomic E-state index is 12.2. The fourth-order valence-corrected chi connectivity index (χ4v) is 3.08. The van der Waals surface area contributed by atoms with E-state index in [0.717, 1.165) is 12.8 Å². The van der Waals surface area contributed by atoms with E-state index in [2.05, 4.69) is 21.3 Å². The molecular weight excluding hydrogens is 444 g/mol. The van der Waals surface area contributed by atoms with Gasteiger partial charge in [-0.3, -0.25) is 19.2 Å².